The minimum absolute atomic E-state index is 0.271. The molecule has 1 heterocycles. The molecule has 0 radical (unpaired) electrons. The minimum atomic E-state index is -0.305. The van der Waals surface area contributed by atoms with Crippen LogP contribution < -0.4 is 10.6 Å². The Bertz CT molecular complexity index is 846. The van der Waals surface area contributed by atoms with E-state index in [1.165, 1.54) is 0 Å². The molecule has 0 spiro atoms. The van der Waals surface area contributed by atoms with Gasteiger partial charge in [0.2, 0.25) is 5.96 Å². The van der Waals surface area contributed by atoms with Crippen molar-refractivity contribution < 1.29 is 4.79 Å². The third-order valence-electron chi connectivity index (χ3n) is 3.03. The largest absolute Gasteiger partial charge is 0.326 e. The molecule has 1 amide bonds. The second-order valence-corrected chi connectivity index (χ2v) is 6.00. The van der Waals surface area contributed by atoms with Gasteiger partial charge in [0.15, 0.2) is 0 Å². The van der Waals surface area contributed by atoms with Gasteiger partial charge in [-0.25, -0.2) is 4.99 Å². The first kappa shape index (κ1) is 15.9. The number of aliphatic imine (C=N–C) groups is 1. The molecule has 2 aromatic carbocycles. The molecule has 1 aliphatic heterocycles. The van der Waals surface area contributed by atoms with Crippen LogP contribution in [-0.4, -0.2) is 11.9 Å². The Morgan fingerprint density at radius 3 is 2.61 bits per heavy atom. The van der Waals surface area contributed by atoms with Crippen molar-refractivity contribution in [1.82, 2.24) is 5.32 Å². The molecule has 7 heteroatoms. The van der Waals surface area contributed by atoms with Crippen molar-refractivity contribution in [3.05, 3.63) is 68.8 Å². The van der Waals surface area contributed by atoms with E-state index >= 15 is 0 Å². The zero-order chi connectivity index (χ0) is 16.4. The molecule has 0 aliphatic carbocycles. The first-order chi connectivity index (χ1) is 11.0. The Labute approximate surface area is 147 Å². The minimum Gasteiger partial charge on any atom is -0.326 e. The normalized spacial score (nSPS) is 15.5. The number of rotatable bonds is 2. The lowest BCUT2D eigenvalue weighted by molar-refractivity contribution is -0.115. The van der Waals surface area contributed by atoms with Crippen molar-refractivity contribution >= 4 is 58.4 Å². The molecular formula is C16H10Cl3N3O. The summed E-state index contributed by atoms with van der Waals surface area (Å²) in [7, 11) is 0. The Morgan fingerprint density at radius 1 is 1.04 bits per heavy atom. The highest BCUT2D eigenvalue weighted by molar-refractivity contribution is 6.42. The van der Waals surface area contributed by atoms with Crippen LogP contribution in [0.15, 0.2) is 53.2 Å². The smallest absolute Gasteiger partial charge is 0.276 e. The maximum absolute atomic E-state index is 12.0. The number of nitrogens with zero attached hydrogens (tertiary/aromatic N) is 1. The molecule has 0 unspecified atom stereocenters. The molecule has 4 nitrogen and oxygen atoms in total. The molecule has 2 N–H and O–H groups in total. The number of amides is 1. The van der Waals surface area contributed by atoms with Gasteiger partial charge in [-0.2, -0.15) is 0 Å². The zero-order valence-corrected chi connectivity index (χ0v) is 13.9. The van der Waals surface area contributed by atoms with Crippen LogP contribution in [0.1, 0.15) is 5.56 Å². The maximum atomic E-state index is 12.0. The highest BCUT2D eigenvalue weighted by atomic mass is 35.5. The second-order valence-electron chi connectivity index (χ2n) is 4.75. The summed E-state index contributed by atoms with van der Waals surface area (Å²) in [6, 6.07) is 12.2. The van der Waals surface area contributed by atoms with Gasteiger partial charge in [0.05, 0.1) is 10.0 Å². The molecule has 23 heavy (non-hydrogen) atoms. The van der Waals surface area contributed by atoms with Crippen LogP contribution in [0.2, 0.25) is 15.1 Å². The van der Waals surface area contributed by atoms with Crippen molar-refractivity contribution in [2.75, 3.05) is 5.32 Å². The first-order valence-corrected chi connectivity index (χ1v) is 7.74. The van der Waals surface area contributed by atoms with Crippen LogP contribution in [0, 0.1) is 0 Å². The van der Waals surface area contributed by atoms with Crippen molar-refractivity contribution in [1.29, 1.82) is 0 Å². The fourth-order valence-electron chi connectivity index (χ4n) is 1.99. The molecule has 1 aliphatic rings. The molecule has 0 atom stereocenters. The fraction of sp³-hybridized carbons (Fsp3) is 0. The van der Waals surface area contributed by atoms with E-state index < -0.39 is 0 Å². The van der Waals surface area contributed by atoms with Gasteiger partial charge < -0.3 is 5.32 Å². The van der Waals surface area contributed by atoms with Gasteiger partial charge in [0.1, 0.15) is 5.70 Å². The predicted octanol–water partition coefficient (Wildman–Crippen LogP) is 4.59. The first-order valence-electron chi connectivity index (χ1n) is 6.61. The molecule has 116 valence electrons. The molecular weight excluding hydrogens is 357 g/mol. The summed E-state index contributed by atoms with van der Waals surface area (Å²) in [5.41, 5.74) is 1.73. The number of halogens is 3. The van der Waals surface area contributed by atoms with Crippen LogP contribution in [0.3, 0.4) is 0 Å². The highest BCUT2D eigenvalue weighted by Crippen LogP contribution is 2.24. The standard InChI is InChI=1S/C16H10Cl3N3O/c17-10-2-1-3-11(8-10)20-16-21-14(15(23)22-16)7-9-4-5-12(18)13(19)6-9/h1-8H,(H2,20,21,22,23)/b14-7-. The van der Waals surface area contributed by atoms with Gasteiger partial charge in [0, 0.05) is 10.7 Å². The zero-order valence-electron chi connectivity index (χ0n) is 11.6. The lowest BCUT2D eigenvalue weighted by atomic mass is 10.2. The van der Waals surface area contributed by atoms with Crippen LogP contribution in [0.5, 0.6) is 0 Å². The van der Waals surface area contributed by atoms with E-state index in [4.69, 9.17) is 34.8 Å². The number of hydrogen-bond donors (Lipinski definition) is 2. The average molecular weight is 367 g/mol. The lowest BCUT2D eigenvalue weighted by Gasteiger charge is -2.04. The highest BCUT2D eigenvalue weighted by Gasteiger charge is 2.20. The molecule has 0 saturated heterocycles. The van der Waals surface area contributed by atoms with Gasteiger partial charge in [-0.15, -0.1) is 0 Å². The molecule has 0 saturated carbocycles. The predicted molar refractivity (Wildman–Crippen MR) is 95.1 cm³/mol. The number of guanidine groups is 1. The van der Waals surface area contributed by atoms with Crippen LogP contribution >= 0.6 is 34.8 Å². The SMILES string of the molecule is O=C1NC(Nc2cccc(Cl)c2)=N/C1=C\c1ccc(Cl)c(Cl)c1. The van der Waals surface area contributed by atoms with Gasteiger partial charge in [0.25, 0.3) is 5.91 Å². The van der Waals surface area contributed by atoms with Gasteiger partial charge in [-0.05, 0) is 42.0 Å². The topological polar surface area (TPSA) is 53.5 Å². The van der Waals surface area contributed by atoms with Crippen LogP contribution in [0.4, 0.5) is 5.69 Å². The van der Waals surface area contributed by atoms with E-state index in [9.17, 15) is 4.79 Å². The molecule has 0 bridgehead atoms. The van der Waals surface area contributed by atoms with E-state index in [0.29, 0.717) is 21.0 Å². The number of nitrogens with one attached hydrogen (secondary N) is 2. The number of carbonyl (C=O) groups is 1. The third kappa shape index (κ3) is 3.85. The van der Waals surface area contributed by atoms with E-state index in [2.05, 4.69) is 15.6 Å². The Morgan fingerprint density at radius 2 is 1.87 bits per heavy atom. The van der Waals surface area contributed by atoms with E-state index in [1.807, 2.05) is 6.07 Å². The number of anilines is 1. The fourth-order valence-corrected chi connectivity index (χ4v) is 2.49. The summed E-state index contributed by atoms with van der Waals surface area (Å²) in [5, 5.41) is 7.10. The quantitative estimate of drug-likeness (QED) is 0.764. The summed E-state index contributed by atoms with van der Waals surface area (Å²) < 4.78 is 0. The molecule has 2 aromatic rings. The van der Waals surface area contributed by atoms with Crippen molar-refractivity contribution in [2.24, 2.45) is 4.99 Å². The summed E-state index contributed by atoms with van der Waals surface area (Å²) in [4.78, 5) is 16.2. The van der Waals surface area contributed by atoms with Gasteiger partial charge in [-0.3, -0.25) is 10.1 Å². The van der Waals surface area contributed by atoms with E-state index in [-0.39, 0.29) is 11.6 Å². The number of carbonyl (C=O) groups excluding carboxylic acids is 1. The molecule has 0 fully saturated rings. The van der Waals surface area contributed by atoms with Crippen LogP contribution in [0.25, 0.3) is 6.08 Å². The Hall–Kier alpha value is -2.01. The van der Waals surface area contributed by atoms with Gasteiger partial charge in [-0.1, -0.05) is 46.9 Å². The summed E-state index contributed by atoms with van der Waals surface area (Å²) in [6.45, 7) is 0. The van der Waals surface area contributed by atoms with Crippen LogP contribution in [-0.2, 0) is 4.79 Å². The summed E-state index contributed by atoms with van der Waals surface area (Å²) in [6.07, 6.45) is 1.63. The van der Waals surface area contributed by atoms with E-state index in [1.54, 1.807) is 42.5 Å². The lowest BCUT2D eigenvalue weighted by Crippen LogP contribution is -2.29. The molecule has 3 rings (SSSR count). The monoisotopic (exact) mass is 365 g/mol. The Balaban J connectivity index is 1.83. The maximum Gasteiger partial charge on any atom is 0.276 e. The Kier molecular flexibility index (Phi) is 4.57. The van der Waals surface area contributed by atoms with Crippen molar-refractivity contribution in [3.63, 3.8) is 0 Å². The van der Waals surface area contributed by atoms with Crippen molar-refractivity contribution in [3.8, 4) is 0 Å². The number of hydrogen-bond acceptors (Lipinski definition) is 3. The van der Waals surface area contributed by atoms with E-state index in [0.717, 1.165) is 11.3 Å². The number of benzene rings is 2. The average Bonchev–Trinajstić information content (AvgIpc) is 2.83. The van der Waals surface area contributed by atoms with Gasteiger partial charge >= 0.3 is 0 Å². The summed E-state index contributed by atoms with van der Waals surface area (Å²) in [5.74, 6) is 0.0316. The second kappa shape index (κ2) is 6.62. The third-order valence-corrected chi connectivity index (χ3v) is 4.01. The van der Waals surface area contributed by atoms with Crippen molar-refractivity contribution in [2.45, 2.75) is 0 Å². The summed E-state index contributed by atoms with van der Waals surface area (Å²) >= 11 is 17.8. The molecule has 0 aromatic heterocycles.